The molecule has 1 aliphatic rings. The molecule has 1 atom stereocenters. The Morgan fingerprint density at radius 2 is 1.83 bits per heavy atom. The van der Waals surface area contributed by atoms with Crippen molar-refractivity contribution in [1.82, 2.24) is 9.55 Å². The monoisotopic (exact) mass is 414 g/mol. The zero-order valence-corrected chi connectivity index (χ0v) is 15.7. The lowest BCUT2D eigenvalue weighted by molar-refractivity contribution is -0.274. The minimum absolute atomic E-state index is 0.0196. The van der Waals surface area contributed by atoms with Gasteiger partial charge < -0.3 is 9.30 Å². The van der Waals surface area contributed by atoms with Crippen LogP contribution in [0.4, 0.5) is 13.2 Å². The fourth-order valence-electron chi connectivity index (χ4n) is 3.60. The van der Waals surface area contributed by atoms with Gasteiger partial charge in [-0.15, -0.1) is 13.2 Å². The maximum Gasteiger partial charge on any atom is 0.573 e. The zero-order valence-electron chi connectivity index (χ0n) is 15.7. The first-order valence-corrected chi connectivity index (χ1v) is 9.34. The van der Waals surface area contributed by atoms with E-state index in [0.29, 0.717) is 35.4 Å². The number of Topliss-reactive ketones (excluding diaryl/α,β-unsaturated/α-hetero) is 2. The van der Waals surface area contributed by atoms with E-state index in [1.54, 1.807) is 41.2 Å². The minimum Gasteiger partial charge on any atom is -0.406 e. The average molecular weight is 414 g/mol. The molecule has 1 unspecified atom stereocenters. The molecule has 2 aromatic heterocycles. The molecule has 5 nitrogen and oxygen atoms in total. The van der Waals surface area contributed by atoms with Crippen molar-refractivity contribution in [3.8, 4) is 16.9 Å². The first-order valence-electron chi connectivity index (χ1n) is 9.34. The van der Waals surface area contributed by atoms with Gasteiger partial charge in [-0.1, -0.05) is 18.2 Å². The molecule has 0 bridgehead atoms. The van der Waals surface area contributed by atoms with Crippen molar-refractivity contribution in [2.24, 2.45) is 0 Å². The highest BCUT2D eigenvalue weighted by atomic mass is 19.4. The predicted octanol–water partition coefficient (Wildman–Crippen LogP) is 4.78. The second-order valence-corrected chi connectivity index (χ2v) is 7.03. The number of carbonyl (C=O) groups excluding carboxylic acids is 2. The summed E-state index contributed by atoms with van der Waals surface area (Å²) in [6, 6.07) is 12.1. The van der Waals surface area contributed by atoms with Crippen molar-refractivity contribution >= 4 is 11.6 Å². The largest absolute Gasteiger partial charge is 0.573 e. The first kappa shape index (κ1) is 19.9. The topological polar surface area (TPSA) is 61.2 Å². The summed E-state index contributed by atoms with van der Waals surface area (Å²) in [4.78, 5) is 29.0. The summed E-state index contributed by atoms with van der Waals surface area (Å²) in [7, 11) is 0. The summed E-state index contributed by atoms with van der Waals surface area (Å²) in [6.07, 6.45) is -0.449. The molecule has 0 N–H and O–H groups in total. The zero-order chi connectivity index (χ0) is 21.3. The third-order valence-corrected chi connectivity index (χ3v) is 5.02. The Balaban J connectivity index is 1.44. The van der Waals surface area contributed by atoms with Crippen molar-refractivity contribution in [1.29, 1.82) is 0 Å². The van der Waals surface area contributed by atoms with E-state index < -0.39 is 6.36 Å². The molecule has 1 aliphatic heterocycles. The van der Waals surface area contributed by atoms with Crippen LogP contribution >= 0.6 is 0 Å². The smallest absolute Gasteiger partial charge is 0.406 e. The van der Waals surface area contributed by atoms with Crippen molar-refractivity contribution in [2.45, 2.75) is 31.7 Å². The van der Waals surface area contributed by atoms with Crippen LogP contribution in [-0.4, -0.2) is 27.5 Å². The van der Waals surface area contributed by atoms with Gasteiger partial charge in [-0.25, -0.2) is 0 Å². The number of halogens is 3. The van der Waals surface area contributed by atoms with Crippen molar-refractivity contribution in [2.75, 3.05) is 0 Å². The van der Waals surface area contributed by atoms with Crippen LogP contribution < -0.4 is 4.74 Å². The lowest BCUT2D eigenvalue weighted by Gasteiger charge is -2.24. The number of fused-ring (bicyclic) bond motifs is 1. The van der Waals surface area contributed by atoms with Gasteiger partial charge in [0.25, 0.3) is 0 Å². The Hall–Kier alpha value is -3.42. The van der Waals surface area contributed by atoms with Crippen LogP contribution in [0.3, 0.4) is 0 Å². The normalized spacial score (nSPS) is 16.2. The van der Waals surface area contributed by atoms with E-state index in [9.17, 15) is 22.8 Å². The molecular weight excluding hydrogens is 397 g/mol. The van der Waals surface area contributed by atoms with Crippen LogP contribution in [0.25, 0.3) is 11.1 Å². The highest BCUT2D eigenvalue weighted by Gasteiger charge is 2.31. The lowest BCUT2D eigenvalue weighted by Crippen LogP contribution is -2.28. The number of alkyl halides is 3. The van der Waals surface area contributed by atoms with Crippen molar-refractivity contribution in [3.63, 3.8) is 0 Å². The Kier molecular flexibility index (Phi) is 5.15. The quantitative estimate of drug-likeness (QED) is 0.603. The molecule has 3 aromatic rings. The summed E-state index contributed by atoms with van der Waals surface area (Å²) < 4.78 is 42.4. The summed E-state index contributed by atoms with van der Waals surface area (Å²) in [5, 5.41) is 0. The molecule has 0 saturated carbocycles. The molecular formula is C22H17F3N2O3. The maximum absolute atomic E-state index is 12.8. The van der Waals surface area contributed by atoms with E-state index in [0.717, 1.165) is 0 Å². The molecule has 154 valence electrons. The molecule has 0 fully saturated rings. The van der Waals surface area contributed by atoms with Crippen LogP contribution in [0.15, 0.2) is 60.9 Å². The molecule has 8 heteroatoms. The Bertz CT molecular complexity index is 1070. The third kappa shape index (κ3) is 4.27. The van der Waals surface area contributed by atoms with Gasteiger partial charge in [-0.05, 0) is 42.3 Å². The molecule has 0 radical (unpaired) electrons. The van der Waals surface area contributed by atoms with Crippen LogP contribution in [0.1, 0.15) is 35.1 Å². The maximum atomic E-state index is 12.8. The fraction of sp³-hybridized carbons (Fsp3) is 0.227. The fourth-order valence-corrected chi connectivity index (χ4v) is 3.60. The van der Waals surface area contributed by atoms with E-state index in [1.165, 1.54) is 24.3 Å². The number of pyridine rings is 1. The summed E-state index contributed by atoms with van der Waals surface area (Å²) in [5.41, 5.74) is 2.53. The Morgan fingerprint density at radius 1 is 1.10 bits per heavy atom. The molecule has 0 amide bonds. The second-order valence-electron chi connectivity index (χ2n) is 7.03. The van der Waals surface area contributed by atoms with Crippen molar-refractivity contribution < 1.29 is 27.5 Å². The molecule has 0 aliphatic carbocycles. The Labute approximate surface area is 170 Å². The SMILES string of the molecule is O=C1CCC(C(=O)Cc2ccc(-c3ccc(OC(F)(F)F)cc3)cn2)n2cccc21. The number of hydrogen-bond donors (Lipinski definition) is 0. The standard InChI is InChI=1S/C22H17F3N2O3/c23-22(24,25)30-17-7-4-14(5-8-17)15-3-6-16(26-13-15)12-21(29)19-9-10-20(28)18-2-1-11-27(18)19/h1-8,11,13,19H,9-10,12H2. The van der Waals surface area contributed by atoms with Crippen LogP contribution in [0.2, 0.25) is 0 Å². The van der Waals surface area contributed by atoms with Gasteiger partial charge in [0.1, 0.15) is 5.75 Å². The molecule has 30 heavy (non-hydrogen) atoms. The van der Waals surface area contributed by atoms with E-state index in [4.69, 9.17) is 0 Å². The number of hydrogen-bond acceptors (Lipinski definition) is 4. The number of ether oxygens (including phenoxy) is 1. The van der Waals surface area contributed by atoms with Crippen LogP contribution in [0.5, 0.6) is 5.75 Å². The van der Waals surface area contributed by atoms with Gasteiger partial charge >= 0.3 is 6.36 Å². The molecule has 0 spiro atoms. The minimum atomic E-state index is -4.73. The first-order chi connectivity index (χ1) is 14.3. The lowest BCUT2D eigenvalue weighted by atomic mass is 9.96. The summed E-state index contributed by atoms with van der Waals surface area (Å²) >= 11 is 0. The summed E-state index contributed by atoms with van der Waals surface area (Å²) in [6.45, 7) is 0. The second kappa shape index (κ2) is 7.78. The number of ketones is 2. The molecule has 1 aromatic carbocycles. The van der Waals surface area contributed by atoms with Crippen molar-refractivity contribution in [3.05, 3.63) is 72.3 Å². The predicted molar refractivity (Wildman–Crippen MR) is 102 cm³/mol. The number of nitrogens with zero attached hydrogens (tertiary/aromatic N) is 2. The van der Waals surface area contributed by atoms with Gasteiger partial charge in [0, 0.05) is 30.1 Å². The Morgan fingerprint density at radius 3 is 2.50 bits per heavy atom. The van der Waals surface area contributed by atoms with Gasteiger partial charge in [0.2, 0.25) is 0 Å². The highest BCUT2D eigenvalue weighted by Crippen LogP contribution is 2.28. The molecule has 3 heterocycles. The van der Waals surface area contributed by atoms with Crippen LogP contribution in [0, 0.1) is 0 Å². The van der Waals surface area contributed by atoms with Gasteiger partial charge in [-0.2, -0.15) is 0 Å². The number of benzene rings is 1. The molecule has 4 rings (SSSR count). The van der Waals surface area contributed by atoms with Gasteiger partial charge in [0.15, 0.2) is 11.6 Å². The average Bonchev–Trinajstić information content (AvgIpc) is 3.19. The van der Waals surface area contributed by atoms with E-state index in [-0.39, 0.29) is 29.8 Å². The third-order valence-electron chi connectivity index (χ3n) is 5.02. The summed E-state index contributed by atoms with van der Waals surface area (Å²) in [5.74, 6) is -0.274. The van der Waals surface area contributed by atoms with Crippen LogP contribution in [-0.2, 0) is 11.2 Å². The van der Waals surface area contributed by atoms with Gasteiger partial charge in [0.05, 0.1) is 18.2 Å². The number of carbonyl (C=O) groups is 2. The van der Waals surface area contributed by atoms with Gasteiger partial charge in [-0.3, -0.25) is 14.6 Å². The number of aromatic nitrogens is 2. The highest BCUT2D eigenvalue weighted by molar-refractivity contribution is 5.97. The van der Waals surface area contributed by atoms with E-state index in [2.05, 4.69) is 9.72 Å². The van der Waals surface area contributed by atoms with E-state index in [1.807, 2.05) is 0 Å². The number of rotatable bonds is 5. The van der Waals surface area contributed by atoms with E-state index >= 15 is 0 Å². The molecule has 0 saturated heterocycles.